The normalized spacial score (nSPS) is 10.8. The molecule has 0 radical (unpaired) electrons. The van der Waals surface area contributed by atoms with Crippen LogP contribution in [-0.4, -0.2) is 6.61 Å². The van der Waals surface area contributed by atoms with Crippen LogP contribution in [0.2, 0.25) is 0 Å². The van der Waals surface area contributed by atoms with Crippen molar-refractivity contribution in [1.29, 1.82) is 0 Å². The summed E-state index contributed by atoms with van der Waals surface area (Å²) in [5.41, 5.74) is 0.207. The summed E-state index contributed by atoms with van der Waals surface area (Å²) >= 11 is 0. The molecule has 0 saturated heterocycles. The van der Waals surface area contributed by atoms with Gasteiger partial charge >= 0.3 is 5.63 Å². The van der Waals surface area contributed by atoms with Crippen molar-refractivity contribution >= 4 is 11.0 Å². The van der Waals surface area contributed by atoms with E-state index in [1.165, 1.54) is 25.7 Å². The average Bonchev–Trinajstić information content (AvgIpc) is 2.46. The fourth-order valence-electron chi connectivity index (χ4n) is 2.21. The minimum Gasteiger partial charge on any atom is -0.487 e. The zero-order valence-corrected chi connectivity index (χ0v) is 12.1. The van der Waals surface area contributed by atoms with Crippen molar-refractivity contribution in [3.8, 4) is 5.75 Å². The fraction of sp³-hybridized carbons (Fsp3) is 0.471. The summed E-state index contributed by atoms with van der Waals surface area (Å²) in [6.07, 6.45) is 7.22. The van der Waals surface area contributed by atoms with E-state index < -0.39 is 5.63 Å². The molecule has 1 aromatic heterocycles. The van der Waals surface area contributed by atoms with Crippen LogP contribution in [0.25, 0.3) is 11.0 Å². The van der Waals surface area contributed by atoms with Crippen LogP contribution in [0.1, 0.15) is 45.4 Å². The maximum absolute atomic E-state index is 11.7. The second kappa shape index (κ2) is 7.73. The van der Waals surface area contributed by atoms with Gasteiger partial charge in [0.1, 0.15) is 5.58 Å². The van der Waals surface area contributed by atoms with Crippen molar-refractivity contribution in [1.82, 2.24) is 0 Å². The van der Waals surface area contributed by atoms with Gasteiger partial charge in [-0.25, -0.2) is 4.79 Å². The smallest absolute Gasteiger partial charge is 0.379 e. The maximum Gasteiger partial charge on any atom is 0.379 e. The standard InChI is InChI=1S/C17H22O3/c1-2-3-4-5-6-9-12-19-16-13-14-10-7-8-11-15(14)20-17(16)18/h7-8,10-11,13H,2-6,9,12H2,1H3. The van der Waals surface area contributed by atoms with Crippen molar-refractivity contribution in [2.24, 2.45) is 0 Å². The van der Waals surface area contributed by atoms with Gasteiger partial charge in [-0.1, -0.05) is 57.2 Å². The lowest BCUT2D eigenvalue weighted by molar-refractivity contribution is 0.291. The summed E-state index contributed by atoms with van der Waals surface area (Å²) in [5, 5.41) is 0.894. The highest BCUT2D eigenvalue weighted by molar-refractivity contribution is 5.77. The van der Waals surface area contributed by atoms with Crippen LogP contribution in [0, 0.1) is 0 Å². The third-order valence-corrected chi connectivity index (χ3v) is 3.36. The van der Waals surface area contributed by atoms with Crippen LogP contribution < -0.4 is 10.4 Å². The molecule has 2 aromatic rings. The van der Waals surface area contributed by atoms with Gasteiger partial charge < -0.3 is 9.15 Å². The SMILES string of the molecule is CCCCCCCCOc1cc2ccccc2oc1=O. The second-order valence-electron chi connectivity index (χ2n) is 5.05. The average molecular weight is 274 g/mol. The zero-order valence-electron chi connectivity index (χ0n) is 12.1. The number of benzene rings is 1. The third kappa shape index (κ3) is 4.12. The van der Waals surface area contributed by atoms with Crippen molar-refractivity contribution in [2.75, 3.05) is 6.61 Å². The van der Waals surface area contributed by atoms with E-state index in [1.54, 1.807) is 12.1 Å². The van der Waals surface area contributed by atoms with Crippen molar-refractivity contribution in [3.05, 3.63) is 40.8 Å². The Kier molecular flexibility index (Phi) is 5.66. The first-order valence-corrected chi connectivity index (χ1v) is 7.47. The fourth-order valence-corrected chi connectivity index (χ4v) is 2.21. The molecule has 2 rings (SSSR count). The Balaban J connectivity index is 1.84. The van der Waals surface area contributed by atoms with Gasteiger partial charge in [0.15, 0.2) is 0 Å². The first kappa shape index (κ1) is 14.6. The van der Waals surface area contributed by atoms with E-state index in [0.29, 0.717) is 17.9 Å². The summed E-state index contributed by atoms with van der Waals surface area (Å²) in [6, 6.07) is 9.23. The van der Waals surface area contributed by atoms with E-state index in [2.05, 4.69) is 6.92 Å². The lowest BCUT2D eigenvalue weighted by Crippen LogP contribution is -2.07. The number of unbranched alkanes of at least 4 members (excludes halogenated alkanes) is 5. The second-order valence-corrected chi connectivity index (χ2v) is 5.05. The van der Waals surface area contributed by atoms with Gasteiger partial charge in [-0.15, -0.1) is 0 Å². The van der Waals surface area contributed by atoms with Crippen LogP contribution in [0.3, 0.4) is 0 Å². The Morgan fingerprint density at radius 2 is 1.80 bits per heavy atom. The van der Waals surface area contributed by atoms with E-state index in [0.717, 1.165) is 18.2 Å². The summed E-state index contributed by atoms with van der Waals surface area (Å²) in [7, 11) is 0. The monoisotopic (exact) mass is 274 g/mol. The molecule has 0 spiro atoms. The zero-order chi connectivity index (χ0) is 14.2. The van der Waals surface area contributed by atoms with Crippen LogP contribution in [0.5, 0.6) is 5.75 Å². The molecule has 0 aliphatic heterocycles. The molecule has 0 unspecified atom stereocenters. The van der Waals surface area contributed by atoms with Gasteiger partial charge in [0, 0.05) is 5.39 Å². The summed E-state index contributed by atoms with van der Waals surface area (Å²) in [6.45, 7) is 2.79. The van der Waals surface area contributed by atoms with Gasteiger partial charge in [0.2, 0.25) is 5.75 Å². The highest BCUT2D eigenvalue weighted by atomic mass is 16.5. The molecule has 1 heterocycles. The van der Waals surface area contributed by atoms with Crippen molar-refractivity contribution in [3.63, 3.8) is 0 Å². The highest BCUT2D eigenvalue weighted by Gasteiger charge is 2.05. The van der Waals surface area contributed by atoms with Crippen LogP contribution >= 0.6 is 0 Å². The largest absolute Gasteiger partial charge is 0.487 e. The Bertz CT molecular complexity index is 586. The summed E-state index contributed by atoms with van der Waals surface area (Å²) in [4.78, 5) is 11.7. The Morgan fingerprint density at radius 3 is 2.65 bits per heavy atom. The number of rotatable bonds is 8. The predicted octanol–water partition coefficient (Wildman–Crippen LogP) is 4.53. The molecule has 3 nitrogen and oxygen atoms in total. The molecule has 20 heavy (non-hydrogen) atoms. The Labute approximate surface area is 119 Å². The van der Waals surface area contributed by atoms with Gasteiger partial charge in [-0.05, 0) is 18.6 Å². The predicted molar refractivity (Wildman–Crippen MR) is 81.4 cm³/mol. The number of fused-ring (bicyclic) bond motifs is 1. The van der Waals surface area contributed by atoms with E-state index in [1.807, 2.05) is 18.2 Å². The molecule has 0 amide bonds. The Morgan fingerprint density at radius 1 is 1.05 bits per heavy atom. The molecule has 0 saturated carbocycles. The minimum absolute atomic E-state index is 0.317. The molecule has 108 valence electrons. The van der Waals surface area contributed by atoms with E-state index in [-0.39, 0.29) is 0 Å². The van der Waals surface area contributed by atoms with Gasteiger partial charge in [0.05, 0.1) is 6.61 Å². The summed E-state index contributed by atoms with van der Waals surface area (Å²) in [5.74, 6) is 0.317. The third-order valence-electron chi connectivity index (χ3n) is 3.36. The molecule has 0 fully saturated rings. The molecular weight excluding hydrogens is 252 g/mol. The van der Waals surface area contributed by atoms with Crippen molar-refractivity contribution < 1.29 is 9.15 Å². The molecule has 0 bridgehead atoms. The molecule has 0 atom stereocenters. The quantitative estimate of drug-likeness (QED) is 0.524. The number of hydrogen-bond acceptors (Lipinski definition) is 3. The maximum atomic E-state index is 11.7. The molecule has 1 aromatic carbocycles. The molecule has 0 aliphatic carbocycles. The van der Waals surface area contributed by atoms with Crippen LogP contribution in [0.4, 0.5) is 0 Å². The molecule has 0 N–H and O–H groups in total. The Hall–Kier alpha value is -1.77. The lowest BCUT2D eigenvalue weighted by atomic mass is 10.1. The van der Waals surface area contributed by atoms with Crippen LogP contribution in [-0.2, 0) is 0 Å². The molecular formula is C17H22O3. The van der Waals surface area contributed by atoms with E-state index in [4.69, 9.17) is 9.15 Å². The first-order valence-electron chi connectivity index (χ1n) is 7.47. The van der Waals surface area contributed by atoms with E-state index in [9.17, 15) is 4.79 Å². The number of ether oxygens (including phenoxy) is 1. The molecule has 0 aliphatic rings. The minimum atomic E-state index is -0.394. The number of hydrogen-bond donors (Lipinski definition) is 0. The number of para-hydroxylation sites is 1. The first-order chi connectivity index (χ1) is 9.81. The van der Waals surface area contributed by atoms with E-state index >= 15 is 0 Å². The topological polar surface area (TPSA) is 39.4 Å². The van der Waals surface area contributed by atoms with Crippen molar-refractivity contribution in [2.45, 2.75) is 45.4 Å². The van der Waals surface area contributed by atoms with Gasteiger partial charge in [-0.3, -0.25) is 0 Å². The summed E-state index contributed by atoms with van der Waals surface area (Å²) < 4.78 is 10.8. The van der Waals surface area contributed by atoms with Crippen LogP contribution in [0.15, 0.2) is 39.5 Å². The molecule has 3 heteroatoms. The highest BCUT2D eigenvalue weighted by Crippen LogP contribution is 2.16. The van der Waals surface area contributed by atoms with Gasteiger partial charge in [0.25, 0.3) is 0 Å². The lowest BCUT2D eigenvalue weighted by Gasteiger charge is -2.05. The van der Waals surface area contributed by atoms with Gasteiger partial charge in [-0.2, -0.15) is 0 Å².